The summed E-state index contributed by atoms with van der Waals surface area (Å²) in [5.41, 5.74) is -0.0790. The Morgan fingerprint density at radius 2 is 2.00 bits per heavy atom. The number of alkyl carbamates (subject to hydrolysis) is 1. The number of methoxy groups -OCH3 is 1. The van der Waals surface area contributed by atoms with Gasteiger partial charge < -0.3 is 24.5 Å². The van der Waals surface area contributed by atoms with Gasteiger partial charge in [-0.3, -0.25) is 0 Å². The second-order valence-corrected chi connectivity index (χ2v) is 6.69. The van der Waals surface area contributed by atoms with Gasteiger partial charge in [-0.2, -0.15) is 0 Å². The van der Waals surface area contributed by atoms with Crippen molar-refractivity contribution >= 4 is 12.1 Å². The van der Waals surface area contributed by atoms with Crippen LogP contribution in [0.25, 0.3) is 0 Å². The largest absolute Gasteiger partial charge is 0.467 e. The molecule has 1 aliphatic carbocycles. The summed E-state index contributed by atoms with van der Waals surface area (Å²) in [4.78, 5) is 23.0. The van der Waals surface area contributed by atoms with Crippen LogP contribution >= 0.6 is 0 Å². The smallest absolute Gasteiger partial charge is 0.407 e. The zero-order chi connectivity index (χ0) is 17.0. The summed E-state index contributed by atoms with van der Waals surface area (Å²) in [7, 11) is 1.33. The van der Waals surface area contributed by atoms with Crippen LogP contribution in [0.5, 0.6) is 0 Å². The first-order valence-corrected chi connectivity index (χ1v) is 7.65. The number of esters is 1. The van der Waals surface area contributed by atoms with Gasteiger partial charge in [0.2, 0.25) is 0 Å². The maximum Gasteiger partial charge on any atom is 0.407 e. The van der Waals surface area contributed by atoms with Crippen molar-refractivity contribution < 1.29 is 23.5 Å². The highest BCUT2D eigenvalue weighted by molar-refractivity contribution is 5.88. The number of ether oxygens (including phenoxy) is 2. The number of furan rings is 1. The molecule has 0 spiro atoms. The molecule has 7 nitrogen and oxygen atoms in total. The van der Waals surface area contributed by atoms with Crippen LogP contribution in [0.2, 0.25) is 0 Å². The lowest BCUT2D eigenvalue weighted by Crippen LogP contribution is -2.52. The Labute approximate surface area is 135 Å². The third-order valence-electron chi connectivity index (χ3n) is 3.50. The molecule has 0 saturated heterocycles. The molecule has 1 aromatic heterocycles. The summed E-state index contributed by atoms with van der Waals surface area (Å²) in [6.45, 7) is 6.04. The van der Waals surface area contributed by atoms with Crippen LogP contribution in [0.4, 0.5) is 4.79 Å². The highest BCUT2D eigenvalue weighted by Crippen LogP contribution is 2.21. The van der Waals surface area contributed by atoms with Gasteiger partial charge in [0.1, 0.15) is 17.6 Å². The van der Waals surface area contributed by atoms with E-state index in [1.54, 1.807) is 6.07 Å². The molecular formula is C16H24N2O5. The van der Waals surface area contributed by atoms with Crippen molar-refractivity contribution in [2.45, 2.75) is 57.8 Å². The van der Waals surface area contributed by atoms with Gasteiger partial charge in [0.05, 0.1) is 19.2 Å². The number of carbonyl (C=O) groups excluding carboxylic acids is 2. The molecule has 128 valence electrons. The third-order valence-corrected chi connectivity index (χ3v) is 3.50. The molecule has 23 heavy (non-hydrogen) atoms. The molecule has 1 heterocycles. The maximum atomic E-state index is 11.6. The number of nitrogens with one attached hydrogen (secondary N) is 2. The van der Waals surface area contributed by atoms with E-state index in [-0.39, 0.29) is 12.1 Å². The van der Waals surface area contributed by atoms with Gasteiger partial charge in [-0.15, -0.1) is 0 Å². The number of rotatable bonds is 5. The predicted molar refractivity (Wildman–Crippen MR) is 83.1 cm³/mol. The Kier molecular flexibility index (Phi) is 5.30. The number of hydrogen-bond acceptors (Lipinski definition) is 6. The molecule has 0 aliphatic heterocycles. The molecule has 2 N–H and O–H groups in total. The van der Waals surface area contributed by atoms with Gasteiger partial charge >= 0.3 is 12.1 Å². The van der Waals surface area contributed by atoms with E-state index < -0.39 is 11.6 Å². The third kappa shape index (κ3) is 5.28. The average Bonchev–Trinajstić information content (AvgIpc) is 2.87. The van der Waals surface area contributed by atoms with Crippen LogP contribution < -0.4 is 10.6 Å². The Balaban J connectivity index is 1.66. The average molecular weight is 324 g/mol. The van der Waals surface area contributed by atoms with Gasteiger partial charge in [0.15, 0.2) is 0 Å². The van der Waals surface area contributed by atoms with Crippen LogP contribution in [0.15, 0.2) is 16.7 Å². The summed E-state index contributed by atoms with van der Waals surface area (Å²) in [5.74, 6) is 0.263. The highest BCUT2D eigenvalue weighted by atomic mass is 16.6. The first-order valence-electron chi connectivity index (χ1n) is 7.65. The standard InChI is InChI=1S/C16H24N2O5/c1-16(2,3)23-15(20)18-12-6-11(7-12)17-8-13-5-10(9-22-13)14(19)21-4/h5,9,11-12,17H,6-8H2,1-4H3,(H,18,20). The monoisotopic (exact) mass is 324 g/mol. The Hall–Kier alpha value is -2.02. The van der Waals surface area contributed by atoms with Gasteiger partial charge in [-0.1, -0.05) is 0 Å². The second-order valence-electron chi connectivity index (χ2n) is 6.69. The van der Waals surface area contributed by atoms with Crippen molar-refractivity contribution in [1.29, 1.82) is 0 Å². The molecule has 1 amide bonds. The van der Waals surface area contributed by atoms with Crippen LogP contribution in [-0.2, 0) is 16.0 Å². The van der Waals surface area contributed by atoms with E-state index in [0.717, 1.165) is 12.8 Å². The highest BCUT2D eigenvalue weighted by Gasteiger charge is 2.31. The van der Waals surface area contributed by atoms with Crippen molar-refractivity contribution in [2.75, 3.05) is 7.11 Å². The quantitative estimate of drug-likeness (QED) is 0.807. The van der Waals surface area contributed by atoms with Gasteiger partial charge in [0, 0.05) is 12.1 Å². The molecule has 0 aromatic carbocycles. The van der Waals surface area contributed by atoms with Crippen molar-refractivity contribution in [2.24, 2.45) is 0 Å². The molecule has 0 radical (unpaired) electrons. The van der Waals surface area contributed by atoms with E-state index in [1.165, 1.54) is 13.4 Å². The normalized spacial score (nSPS) is 20.5. The van der Waals surface area contributed by atoms with Crippen molar-refractivity contribution in [3.8, 4) is 0 Å². The molecule has 7 heteroatoms. The summed E-state index contributed by atoms with van der Waals surface area (Å²) < 4.78 is 15.1. The lowest BCUT2D eigenvalue weighted by Gasteiger charge is -2.36. The molecule has 1 aromatic rings. The molecule has 0 bridgehead atoms. The van der Waals surface area contributed by atoms with Crippen molar-refractivity contribution in [1.82, 2.24) is 10.6 Å². The molecule has 2 rings (SSSR count). The predicted octanol–water partition coefficient (Wildman–Crippen LogP) is 2.21. The molecular weight excluding hydrogens is 300 g/mol. The van der Waals surface area contributed by atoms with Crippen molar-refractivity contribution in [3.05, 3.63) is 23.7 Å². The van der Waals surface area contributed by atoms with E-state index in [4.69, 9.17) is 9.15 Å². The van der Waals surface area contributed by atoms with Crippen LogP contribution in [0.1, 0.15) is 49.7 Å². The number of amides is 1. The fourth-order valence-corrected chi connectivity index (χ4v) is 2.32. The van der Waals surface area contributed by atoms with E-state index in [2.05, 4.69) is 15.4 Å². The van der Waals surface area contributed by atoms with Crippen LogP contribution in [0.3, 0.4) is 0 Å². The summed E-state index contributed by atoms with van der Waals surface area (Å²) >= 11 is 0. The van der Waals surface area contributed by atoms with Crippen LogP contribution in [0, 0.1) is 0 Å². The minimum absolute atomic E-state index is 0.129. The Morgan fingerprint density at radius 1 is 1.30 bits per heavy atom. The van der Waals surface area contributed by atoms with E-state index in [0.29, 0.717) is 23.9 Å². The first-order chi connectivity index (χ1) is 10.8. The Morgan fingerprint density at radius 3 is 2.61 bits per heavy atom. The van der Waals surface area contributed by atoms with E-state index in [9.17, 15) is 9.59 Å². The van der Waals surface area contributed by atoms with Crippen LogP contribution in [-0.4, -0.2) is 36.9 Å². The minimum atomic E-state index is -0.484. The first kappa shape index (κ1) is 17.3. The van der Waals surface area contributed by atoms with Gasteiger partial charge in [-0.05, 0) is 39.7 Å². The molecule has 0 unspecified atom stereocenters. The zero-order valence-corrected chi connectivity index (χ0v) is 14.0. The lowest BCUT2D eigenvalue weighted by atomic mass is 9.87. The van der Waals surface area contributed by atoms with E-state index >= 15 is 0 Å². The van der Waals surface area contributed by atoms with Gasteiger partial charge in [-0.25, -0.2) is 9.59 Å². The van der Waals surface area contributed by atoms with Gasteiger partial charge in [0.25, 0.3) is 0 Å². The summed E-state index contributed by atoms with van der Waals surface area (Å²) in [5, 5.41) is 6.16. The fraction of sp³-hybridized carbons (Fsp3) is 0.625. The molecule has 1 aliphatic rings. The number of carbonyl (C=O) groups is 2. The zero-order valence-electron chi connectivity index (χ0n) is 14.0. The summed E-state index contributed by atoms with van der Waals surface area (Å²) in [6.07, 6.45) is 2.68. The SMILES string of the molecule is COC(=O)c1coc(CNC2CC(NC(=O)OC(C)(C)C)C2)c1. The summed E-state index contributed by atoms with van der Waals surface area (Å²) in [6, 6.07) is 2.10. The Bertz CT molecular complexity index is 555. The minimum Gasteiger partial charge on any atom is -0.467 e. The maximum absolute atomic E-state index is 11.6. The fourth-order valence-electron chi connectivity index (χ4n) is 2.32. The molecule has 1 fully saturated rings. The van der Waals surface area contributed by atoms with E-state index in [1.807, 2.05) is 20.8 Å². The van der Waals surface area contributed by atoms with Crippen molar-refractivity contribution in [3.63, 3.8) is 0 Å². The second kappa shape index (κ2) is 7.04. The lowest BCUT2D eigenvalue weighted by molar-refractivity contribution is 0.0464. The molecule has 0 atom stereocenters. The number of hydrogen-bond donors (Lipinski definition) is 2. The molecule has 1 saturated carbocycles. The topological polar surface area (TPSA) is 89.8 Å².